The van der Waals surface area contributed by atoms with Gasteiger partial charge in [0.2, 0.25) is 0 Å². The minimum Gasteiger partial charge on any atom is -0.484 e. The summed E-state index contributed by atoms with van der Waals surface area (Å²) < 4.78 is 16.1. The second-order valence-electron chi connectivity index (χ2n) is 6.41. The van der Waals surface area contributed by atoms with Crippen molar-refractivity contribution in [2.24, 2.45) is 0 Å². The van der Waals surface area contributed by atoms with Crippen molar-refractivity contribution < 1.29 is 18.7 Å². The second-order valence-corrected chi connectivity index (χ2v) is 6.41. The number of carbonyl (C=O) groups excluding carboxylic acids is 1. The van der Waals surface area contributed by atoms with Crippen molar-refractivity contribution in [2.75, 3.05) is 43.1 Å². The molecule has 144 valence electrons. The number of rotatable bonds is 5. The molecule has 0 spiro atoms. The first-order valence-corrected chi connectivity index (χ1v) is 9.07. The average Bonchev–Trinajstić information content (AvgIpc) is 2.73. The van der Waals surface area contributed by atoms with Crippen molar-refractivity contribution in [3.05, 3.63) is 65.0 Å². The van der Waals surface area contributed by atoms with Gasteiger partial charge in [0.25, 0.3) is 5.91 Å². The molecule has 7 heteroatoms. The maximum atomic E-state index is 12.4. The molecular weight excluding hydrogens is 360 g/mol. The molecule has 1 N–H and O–H groups in total. The summed E-state index contributed by atoms with van der Waals surface area (Å²) in [6, 6.07) is 15.8. The number of anilines is 2. The van der Waals surface area contributed by atoms with Gasteiger partial charge in [0.1, 0.15) is 11.3 Å². The quantitative estimate of drug-likeness (QED) is 0.686. The van der Waals surface area contributed by atoms with Crippen LogP contribution < -0.4 is 20.6 Å². The summed E-state index contributed by atoms with van der Waals surface area (Å²) in [5.74, 6) is 0.189. The van der Waals surface area contributed by atoms with E-state index in [1.165, 1.54) is 6.07 Å². The highest BCUT2D eigenvalue weighted by Gasteiger charge is 2.16. The van der Waals surface area contributed by atoms with Crippen molar-refractivity contribution in [1.82, 2.24) is 0 Å². The van der Waals surface area contributed by atoms with Gasteiger partial charge in [-0.25, -0.2) is 4.79 Å². The van der Waals surface area contributed by atoms with Crippen molar-refractivity contribution in [2.45, 2.75) is 0 Å². The molecule has 4 rings (SSSR count). The van der Waals surface area contributed by atoms with Crippen molar-refractivity contribution in [3.63, 3.8) is 0 Å². The van der Waals surface area contributed by atoms with Crippen molar-refractivity contribution in [1.29, 1.82) is 0 Å². The Morgan fingerprint density at radius 1 is 1.07 bits per heavy atom. The first-order valence-electron chi connectivity index (χ1n) is 9.07. The number of ether oxygens (including phenoxy) is 2. The topological polar surface area (TPSA) is 81.0 Å². The van der Waals surface area contributed by atoms with E-state index in [9.17, 15) is 9.59 Å². The van der Waals surface area contributed by atoms with E-state index in [2.05, 4.69) is 10.2 Å². The first-order chi connectivity index (χ1) is 13.7. The monoisotopic (exact) mass is 380 g/mol. The van der Waals surface area contributed by atoms with Crippen LogP contribution in [0.5, 0.6) is 5.75 Å². The zero-order valence-corrected chi connectivity index (χ0v) is 15.2. The maximum Gasteiger partial charge on any atom is 0.336 e. The highest BCUT2D eigenvalue weighted by molar-refractivity contribution is 5.95. The van der Waals surface area contributed by atoms with E-state index in [0.29, 0.717) is 24.5 Å². The Morgan fingerprint density at radius 2 is 1.86 bits per heavy atom. The van der Waals surface area contributed by atoms with Gasteiger partial charge in [-0.1, -0.05) is 12.1 Å². The van der Waals surface area contributed by atoms with Crippen LogP contribution in [0.2, 0.25) is 0 Å². The summed E-state index contributed by atoms with van der Waals surface area (Å²) >= 11 is 0. The number of amides is 1. The molecule has 28 heavy (non-hydrogen) atoms. The van der Waals surface area contributed by atoms with E-state index < -0.39 is 5.63 Å². The number of benzene rings is 2. The van der Waals surface area contributed by atoms with Gasteiger partial charge in [-0.2, -0.15) is 0 Å². The van der Waals surface area contributed by atoms with Gasteiger partial charge < -0.3 is 24.1 Å². The van der Waals surface area contributed by atoms with Gasteiger partial charge in [-0.15, -0.1) is 0 Å². The van der Waals surface area contributed by atoms with Gasteiger partial charge in [-0.3, -0.25) is 4.79 Å². The second kappa shape index (κ2) is 8.14. The maximum absolute atomic E-state index is 12.4. The highest BCUT2D eigenvalue weighted by Crippen LogP contribution is 2.26. The zero-order valence-electron chi connectivity index (χ0n) is 15.2. The molecule has 1 amide bonds. The standard InChI is InChI=1S/C21H20N2O5/c24-20(14-27-16-7-5-15-6-8-21(25)28-19(15)13-16)22-17-3-1-2-4-18(17)23-9-11-26-12-10-23/h1-8,13H,9-12,14H2,(H,22,24). The molecule has 0 radical (unpaired) electrons. The summed E-state index contributed by atoms with van der Waals surface area (Å²) in [5, 5.41) is 3.69. The van der Waals surface area contributed by atoms with Crippen LogP contribution in [0.1, 0.15) is 0 Å². The number of nitrogens with zero attached hydrogens (tertiary/aromatic N) is 1. The molecule has 1 saturated heterocycles. The molecular formula is C21H20N2O5. The van der Waals surface area contributed by atoms with E-state index in [-0.39, 0.29) is 12.5 Å². The number of morpholine rings is 1. The van der Waals surface area contributed by atoms with Crippen LogP contribution in [0.15, 0.2) is 63.8 Å². The van der Waals surface area contributed by atoms with E-state index >= 15 is 0 Å². The van der Waals surface area contributed by atoms with Crippen molar-refractivity contribution in [3.8, 4) is 5.75 Å². The molecule has 0 aliphatic carbocycles. The highest BCUT2D eigenvalue weighted by atomic mass is 16.5. The Morgan fingerprint density at radius 3 is 2.71 bits per heavy atom. The number of para-hydroxylation sites is 2. The third-order valence-electron chi connectivity index (χ3n) is 4.49. The number of carbonyl (C=O) groups is 1. The molecule has 0 atom stereocenters. The zero-order chi connectivity index (χ0) is 19.3. The fourth-order valence-corrected chi connectivity index (χ4v) is 3.13. The summed E-state index contributed by atoms with van der Waals surface area (Å²) in [6.07, 6.45) is 0. The molecule has 1 aromatic heterocycles. The van der Waals surface area contributed by atoms with E-state index in [0.717, 1.165) is 29.9 Å². The third kappa shape index (κ3) is 4.15. The van der Waals surface area contributed by atoms with Crippen LogP contribution in [0, 0.1) is 0 Å². The molecule has 1 aliphatic heterocycles. The molecule has 0 unspecified atom stereocenters. The lowest BCUT2D eigenvalue weighted by Gasteiger charge is -2.30. The Balaban J connectivity index is 1.42. The van der Waals surface area contributed by atoms with Gasteiger partial charge in [0.05, 0.1) is 24.6 Å². The van der Waals surface area contributed by atoms with Crippen LogP contribution >= 0.6 is 0 Å². The van der Waals surface area contributed by atoms with Crippen LogP contribution in [-0.2, 0) is 9.53 Å². The van der Waals surface area contributed by atoms with Crippen LogP contribution in [0.4, 0.5) is 11.4 Å². The molecule has 2 aromatic carbocycles. The SMILES string of the molecule is O=C(COc1ccc2ccc(=O)oc2c1)Nc1ccccc1N1CCOCC1. The average molecular weight is 380 g/mol. The van der Waals surface area contributed by atoms with Crippen molar-refractivity contribution >= 4 is 28.3 Å². The number of hydrogen-bond donors (Lipinski definition) is 1. The molecule has 1 aliphatic rings. The Labute approximate surface area is 161 Å². The van der Waals surface area contributed by atoms with E-state index in [1.54, 1.807) is 24.3 Å². The summed E-state index contributed by atoms with van der Waals surface area (Å²) in [5.41, 5.74) is 1.69. The number of fused-ring (bicyclic) bond motifs is 1. The van der Waals surface area contributed by atoms with E-state index in [1.807, 2.05) is 24.3 Å². The molecule has 1 fully saturated rings. The first kappa shape index (κ1) is 18.1. The lowest BCUT2D eigenvalue weighted by molar-refractivity contribution is -0.118. The fraction of sp³-hybridized carbons (Fsp3) is 0.238. The molecule has 7 nitrogen and oxygen atoms in total. The minimum absolute atomic E-state index is 0.153. The van der Waals surface area contributed by atoms with Crippen LogP contribution in [-0.4, -0.2) is 38.8 Å². The lowest BCUT2D eigenvalue weighted by atomic mass is 10.2. The fourth-order valence-electron chi connectivity index (χ4n) is 3.13. The predicted molar refractivity (Wildman–Crippen MR) is 106 cm³/mol. The van der Waals surface area contributed by atoms with Crippen LogP contribution in [0.25, 0.3) is 11.0 Å². The normalized spacial score (nSPS) is 14.1. The van der Waals surface area contributed by atoms with Crippen LogP contribution in [0.3, 0.4) is 0 Å². The molecule has 0 saturated carbocycles. The Bertz CT molecular complexity index is 1040. The van der Waals surface area contributed by atoms with Gasteiger partial charge in [0, 0.05) is 30.6 Å². The largest absolute Gasteiger partial charge is 0.484 e. The lowest BCUT2D eigenvalue weighted by Crippen LogP contribution is -2.36. The molecule has 0 bridgehead atoms. The Kier molecular flexibility index (Phi) is 5.25. The van der Waals surface area contributed by atoms with E-state index in [4.69, 9.17) is 13.9 Å². The van der Waals surface area contributed by atoms with Gasteiger partial charge in [0.15, 0.2) is 6.61 Å². The molecule has 2 heterocycles. The third-order valence-corrected chi connectivity index (χ3v) is 4.49. The Hall–Kier alpha value is -3.32. The number of hydrogen-bond acceptors (Lipinski definition) is 6. The predicted octanol–water partition coefficient (Wildman–Crippen LogP) is 2.65. The smallest absolute Gasteiger partial charge is 0.336 e. The van der Waals surface area contributed by atoms with Gasteiger partial charge in [-0.05, 0) is 30.3 Å². The summed E-state index contributed by atoms with van der Waals surface area (Å²) in [6.45, 7) is 2.75. The van der Waals surface area contributed by atoms with Gasteiger partial charge >= 0.3 is 5.63 Å². The summed E-state index contributed by atoms with van der Waals surface area (Å²) in [7, 11) is 0. The number of nitrogens with one attached hydrogen (secondary N) is 1. The molecule has 3 aromatic rings. The summed E-state index contributed by atoms with van der Waals surface area (Å²) in [4.78, 5) is 25.9. The minimum atomic E-state index is -0.429.